The lowest BCUT2D eigenvalue weighted by atomic mass is 9.84. The van der Waals surface area contributed by atoms with E-state index in [1.165, 1.54) is 25.9 Å². The van der Waals surface area contributed by atoms with Crippen LogP contribution in [-0.4, -0.2) is 42.2 Å². The molecule has 4 heteroatoms. The van der Waals surface area contributed by atoms with Gasteiger partial charge in [-0.15, -0.1) is 0 Å². The molecule has 3 nitrogen and oxygen atoms in total. The normalized spacial score (nSPS) is 31.4. The second-order valence-corrected chi connectivity index (χ2v) is 6.64. The van der Waals surface area contributed by atoms with E-state index in [0.29, 0.717) is 12.6 Å². The van der Waals surface area contributed by atoms with Crippen LogP contribution in [0.1, 0.15) is 24.5 Å². The SMILES string of the molecule is OC(CNC1CN2CCC1CC2)c1cccc(Br)c1. The maximum Gasteiger partial charge on any atom is 0.0914 e. The fraction of sp³-hybridized carbons (Fsp3) is 0.600. The fourth-order valence-corrected chi connectivity index (χ4v) is 3.71. The molecular weight excluding hydrogens is 304 g/mol. The molecule has 3 aliphatic heterocycles. The van der Waals surface area contributed by atoms with Crippen molar-refractivity contribution in [2.24, 2.45) is 5.92 Å². The molecule has 2 unspecified atom stereocenters. The molecule has 19 heavy (non-hydrogen) atoms. The van der Waals surface area contributed by atoms with Gasteiger partial charge in [0.15, 0.2) is 0 Å². The van der Waals surface area contributed by atoms with E-state index in [1.807, 2.05) is 24.3 Å². The average molecular weight is 325 g/mol. The summed E-state index contributed by atoms with van der Waals surface area (Å²) < 4.78 is 1.02. The van der Waals surface area contributed by atoms with Crippen molar-refractivity contribution in [2.75, 3.05) is 26.2 Å². The Balaban J connectivity index is 1.54. The molecule has 2 N–H and O–H groups in total. The Morgan fingerprint density at radius 3 is 2.79 bits per heavy atom. The Labute approximate surface area is 123 Å². The highest BCUT2D eigenvalue weighted by Gasteiger charge is 2.33. The molecule has 3 fully saturated rings. The number of rotatable bonds is 4. The summed E-state index contributed by atoms with van der Waals surface area (Å²) in [6.45, 7) is 4.31. The number of hydrogen-bond acceptors (Lipinski definition) is 3. The Bertz CT molecular complexity index is 432. The van der Waals surface area contributed by atoms with Crippen LogP contribution < -0.4 is 5.32 Å². The average Bonchev–Trinajstić information content (AvgIpc) is 2.46. The molecule has 3 saturated heterocycles. The Hall–Kier alpha value is -0.420. The number of aliphatic hydroxyl groups is 1. The number of benzene rings is 1. The van der Waals surface area contributed by atoms with E-state index in [1.54, 1.807) is 0 Å². The minimum atomic E-state index is -0.423. The predicted octanol–water partition coefficient (Wildman–Crippen LogP) is 2.17. The van der Waals surface area contributed by atoms with Crippen LogP contribution in [0.4, 0.5) is 0 Å². The zero-order valence-corrected chi connectivity index (χ0v) is 12.6. The van der Waals surface area contributed by atoms with Crippen molar-refractivity contribution in [3.8, 4) is 0 Å². The summed E-state index contributed by atoms with van der Waals surface area (Å²) in [4.78, 5) is 2.53. The largest absolute Gasteiger partial charge is 0.387 e. The van der Waals surface area contributed by atoms with Gasteiger partial charge in [0.1, 0.15) is 0 Å². The van der Waals surface area contributed by atoms with E-state index in [2.05, 4.69) is 26.1 Å². The van der Waals surface area contributed by atoms with Gasteiger partial charge in [-0.1, -0.05) is 28.1 Å². The molecule has 2 bridgehead atoms. The van der Waals surface area contributed by atoms with Crippen LogP contribution in [0.3, 0.4) is 0 Å². The van der Waals surface area contributed by atoms with Crippen LogP contribution in [0.25, 0.3) is 0 Å². The summed E-state index contributed by atoms with van der Waals surface area (Å²) in [5, 5.41) is 13.8. The third kappa shape index (κ3) is 3.19. The van der Waals surface area contributed by atoms with Crippen LogP contribution in [0, 0.1) is 5.92 Å². The molecule has 0 saturated carbocycles. The predicted molar refractivity (Wildman–Crippen MR) is 80.1 cm³/mol. The summed E-state index contributed by atoms with van der Waals surface area (Å²) in [5.41, 5.74) is 0.975. The molecule has 2 atom stereocenters. The lowest BCUT2D eigenvalue weighted by Gasteiger charge is -2.45. The lowest BCUT2D eigenvalue weighted by Crippen LogP contribution is -2.56. The quantitative estimate of drug-likeness (QED) is 0.891. The molecule has 0 aliphatic carbocycles. The lowest BCUT2D eigenvalue weighted by molar-refractivity contribution is 0.0635. The van der Waals surface area contributed by atoms with Crippen LogP contribution in [0.2, 0.25) is 0 Å². The molecule has 0 spiro atoms. The van der Waals surface area contributed by atoms with Gasteiger partial charge in [0.05, 0.1) is 6.10 Å². The van der Waals surface area contributed by atoms with Crippen molar-refractivity contribution in [2.45, 2.75) is 25.0 Å². The van der Waals surface area contributed by atoms with Gasteiger partial charge in [0.25, 0.3) is 0 Å². The van der Waals surface area contributed by atoms with Crippen molar-refractivity contribution in [3.05, 3.63) is 34.3 Å². The molecular formula is C15H21BrN2O. The van der Waals surface area contributed by atoms with Gasteiger partial charge >= 0.3 is 0 Å². The summed E-state index contributed by atoms with van der Waals surface area (Å²) in [5.74, 6) is 0.805. The monoisotopic (exact) mass is 324 g/mol. The minimum Gasteiger partial charge on any atom is -0.387 e. The highest BCUT2D eigenvalue weighted by molar-refractivity contribution is 9.10. The Kier molecular flexibility index (Phi) is 4.22. The Morgan fingerprint density at radius 1 is 1.37 bits per heavy atom. The van der Waals surface area contributed by atoms with Gasteiger partial charge in [-0.2, -0.15) is 0 Å². The first-order valence-corrected chi connectivity index (χ1v) is 7.91. The maximum absolute atomic E-state index is 10.2. The van der Waals surface area contributed by atoms with Crippen molar-refractivity contribution >= 4 is 15.9 Å². The van der Waals surface area contributed by atoms with E-state index >= 15 is 0 Å². The first-order valence-electron chi connectivity index (χ1n) is 7.11. The highest BCUT2D eigenvalue weighted by atomic mass is 79.9. The van der Waals surface area contributed by atoms with Gasteiger partial charge in [0.2, 0.25) is 0 Å². The smallest absolute Gasteiger partial charge is 0.0914 e. The van der Waals surface area contributed by atoms with E-state index in [4.69, 9.17) is 0 Å². The fourth-order valence-electron chi connectivity index (χ4n) is 3.29. The summed E-state index contributed by atoms with van der Waals surface area (Å²) in [7, 11) is 0. The second-order valence-electron chi connectivity index (χ2n) is 5.72. The van der Waals surface area contributed by atoms with Gasteiger partial charge < -0.3 is 15.3 Å². The third-order valence-electron chi connectivity index (χ3n) is 4.46. The molecule has 3 aliphatic rings. The highest BCUT2D eigenvalue weighted by Crippen LogP contribution is 2.28. The van der Waals surface area contributed by atoms with E-state index in [0.717, 1.165) is 22.5 Å². The molecule has 0 radical (unpaired) electrons. The summed E-state index contributed by atoms with van der Waals surface area (Å²) in [6, 6.07) is 8.48. The van der Waals surface area contributed by atoms with E-state index < -0.39 is 6.10 Å². The van der Waals surface area contributed by atoms with E-state index in [-0.39, 0.29) is 0 Å². The molecule has 0 amide bonds. The van der Waals surface area contributed by atoms with Crippen LogP contribution in [0.15, 0.2) is 28.7 Å². The van der Waals surface area contributed by atoms with Crippen molar-refractivity contribution in [3.63, 3.8) is 0 Å². The van der Waals surface area contributed by atoms with Crippen molar-refractivity contribution in [1.82, 2.24) is 10.2 Å². The van der Waals surface area contributed by atoms with Gasteiger partial charge in [-0.3, -0.25) is 0 Å². The maximum atomic E-state index is 10.2. The number of piperidine rings is 3. The number of hydrogen-bond donors (Lipinski definition) is 2. The van der Waals surface area contributed by atoms with Gasteiger partial charge in [-0.25, -0.2) is 0 Å². The van der Waals surface area contributed by atoms with Crippen LogP contribution >= 0.6 is 15.9 Å². The molecule has 3 heterocycles. The number of fused-ring (bicyclic) bond motifs is 3. The molecule has 1 aromatic carbocycles. The standard InChI is InChI=1S/C15H21BrN2O/c16-13-3-1-2-12(8-13)15(19)9-17-14-10-18-6-4-11(14)5-7-18/h1-3,8,11,14-15,17,19H,4-7,9-10H2. The van der Waals surface area contributed by atoms with Crippen molar-refractivity contribution < 1.29 is 5.11 Å². The van der Waals surface area contributed by atoms with E-state index in [9.17, 15) is 5.11 Å². The first-order chi connectivity index (χ1) is 9.22. The summed E-state index contributed by atoms with van der Waals surface area (Å²) in [6.07, 6.45) is 2.20. The van der Waals surface area contributed by atoms with Gasteiger partial charge in [-0.05, 0) is 49.5 Å². The molecule has 4 rings (SSSR count). The number of halogens is 1. The number of nitrogens with zero attached hydrogens (tertiary/aromatic N) is 1. The van der Waals surface area contributed by atoms with Crippen LogP contribution in [0.5, 0.6) is 0 Å². The number of nitrogens with one attached hydrogen (secondary N) is 1. The molecule has 104 valence electrons. The van der Waals surface area contributed by atoms with Crippen LogP contribution in [-0.2, 0) is 0 Å². The first kappa shape index (κ1) is 13.6. The topological polar surface area (TPSA) is 35.5 Å². The molecule has 1 aromatic rings. The number of aliphatic hydroxyl groups excluding tert-OH is 1. The Morgan fingerprint density at radius 2 is 2.16 bits per heavy atom. The van der Waals surface area contributed by atoms with Gasteiger partial charge in [0, 0.05) is 23.6 Å². The third-order valence-corrected chi connectivity index (χ3v) is 4.96. The zero-order valence-electron chi connectivity index (χ0n) is 11.1. The second kappa shape index (κ2) is 5.92. The summed E-state index contributed by atoms with van der Waals surface area (Å²) >= 11 is 3.45. The van der Waals surface area contributed by atoms with Crippen molar-refractivity contribution in [1.29, 1.82) is 0 Å². The zero-order chi connectivity index (χ0) is 13.2. The molecule has 0 aromatic heterocycles. The minimum absolute atomic E-state index is 0.423.